The summed E-state index contributed by atoms with van der Waals surface area (Å²) in [5, 5.41) is 8.06. The van der Waals surface area contributed by atoms with Gasteiger partial charge in [0.25, 0.3) is 0 Å². The molecule has 0 saturated heterocycles. The van der Waals surface area contributed by atoms with E-state index in [9.17, 15) is 13.2 Å². The predicted octanol–water partition coefficient (Wildman–Crippen LogP) is 5.72. The third-order valence-corrected chi connectivity index (χ3v) is 5.46. The fraction of sp³-hybridized carbons (Fsp3) is 0.167. The third kappa shape index (κ3) is 4.62. The van der Waals surface area contributed by atoms with Crippen LogP contribution in [-0.2, 0) is 19.1 Å². The average molecular weight is 450 g/mol. The van der Waals surface area contributed by atoms with Crippen LogP contribution in [0, 0.1) is 0 Å². The number of anilines is 2. The normalized spacial score (nSPS) is 11.8. The van der Waals surface area contributed by atoms with E-state index in [-0.39, 0.29) is 11.8 Å². The van der Waals surface area contributed by atoms with Gasteiger partial charge in [0.2, 0.25) is 5.95 Å². The van der Waals surface area contributed by atoms with Gasteiger partial charge in [-0.3, -0.25) is 0 Å². The van der Waals surface area contributed by atoms with Crippen LogP contribution >= 0.6 is 0 Å². The van der Waals surface area contributed by atoms with Gasteiger partial charge in [-0.15, -0.1) is 0 Å². The van der Waals surface area contributed by atoms with Gasteiger partial charge in [-0.05, 0) is 47.2 Å². The minimum Gasteiger partial charge on any atom is -0.366 e. The molecule has 6 nitrogen and oxygen atoms in total. The number of aromatic nitrogens is 4. The summed E-state index contributed by atoms with van der Waals surface area (Å²) in [7, 11) is 0. The molecule has 0 spiro atoms. The van der Waals surface area contributed by atoms with Crippen LogP contribution in [0.3, 0.4) is 0 Å². The van der Waals surface area contributed by atoms with Crippen LogP contribution in [-0.4, -0.2) is 26.5 Å². The van der Waals surface area contributed by atoms with Crippen molar-refractivity contribution in [2.45, 2.75) is 19.1 Å². The fourth-order valence-corrected chi connectivity index (χ4v) is 3.81. The zero-order chi connectivity index (χ0) is 22.8. The molecule has 0 amide bonds. The van der Waals surface area contributed by atoms with Crippen molar-refractivity contribution in [3.8, 4) is 0 Å². The fourth-order valence-electron chi connectivity index (χ4n) is 3.81. The van der Waals surface area contributed by atoms with Crippen molar-refractivity contribution in [3.63, 3.8) is 0 Å². The average Bonchev–Trinajstić information content (AvgIpc) is 3.44. The Morgan fingerprint density at radius 1 is 0.879 bits per heavy atom. The summed E-state index contributed by atoms with van der Waals surface area (Å²) in [6, 6.07) is 16.6. The molecule has 5 aromatic rings. The summed E-state index contributed by atoms with van der Waals surface area (Å²) in [6.45, 7) is 0.733. The first kappa shape index (κ1) is 20.9. The summed E-state index contributed by atoms with van der Waals surface area (Å²) < 4.78 is 40.2. The summed E-state index contributed by atoms with van der Waals surface area (Å²) >= 11 is 0. The quantitative estimate of drug-likeness (QED) is 0.255. The molecule has 2 aromatic carbocycles. The monoisotopic (exact) mass is 450 g/mol. The summed E-state index contributed by atoms with van der Waals surface area (Å²) in [6.07, 6.45) is -0.205. The summed E-state index contributed by atoms with van der Waals surface area (Å²) in [5.41, 5.74) is 3.04. The number of halogens is 3. The lowest BCUT2D eigenvalue weighted by molar-refractivity contribution is -0.141. The second-order valence-corrected chi connectivity index (χ2v) is 7.75. The van der Waals surface area contributed by atoms with E-state index in [2.05, 4.69) is 30.6 Å². The maximum atomic E-state index is 13.4. The first-order valence-electron chi connectivity index (χ1n) is 10.5. The zero-order valence-electron chi connectivity index (χ0n) is 17.5. The van der Waals surface area contributed by atoms with Crippen molar-refractivity contribution in [2.24, 2.45) is 0 Å². The molecule has 0 unspecified atom stereocenters. The van der Waals surface area contributed by atoms with E-state index in [1.807, 2.05) is 60.9 Å². The van der Waals surface area contributed by atoms with Crippen molar-refractivity contribution >= 4 is 33.6 Å². The predicted molar refractivity (Wildman–Crippen MR) is 123 cm³/mol. The Balaban J connectivity index is 1.30. The summed E-state index contributed by atoms with van der Waals surface area (Å²) in [5.74, 6) is 0.0503. The number of hydrogen-bond acceptors (Lipinski definition) is 4. The molecule has 0 aliphatic heterocycles. The van der Waals surface area contributed by atoms with E-state index in [0.29, 0.717) is 19.5 Å². The molecule has 0 saturated carbocycles. The smallest absolute Gasteiger partial charge is 0.366 e. The number of hydrogen-bond donors (Lipinski definition) is 4. The van der Waals surface area contributed by atoms with Crippen molar-refractivity contribution in [3.05, 3.63) is 83.8 Å². The van der Waals surface area contributed by atoms with E-state index < -0.39 is 11.9 Å². The number of nitrogens with zero attached hydrogens (tertiary/aromatic N) is 2. The first-order valence-corrected chi connectivity index (χ1v) is 10.5. The van der Waals surface area contributed by atoms with Gasteiger partial charge in [-0.1, -0.05) is 24.3 Å². The Morgan fingerprint density at radius 2 is 1.76 bits per heavy atom. The van der Waals surface area contributed by atoms with Crippen molar-refractivity contribution in [1.82, 2.24) is 19.9 Å². The molecule has 0 aliphatic carbocycles. The SMILES string of the molecule is FC(F)(F)c1cc(NCc2ccc3[nH]ccc3c2)nc(NCCc2c[nH]c3ccccc23)n1. The van der Waals surface area contributed by atoms with E-state index >= 15 is 0 Å². The summed E-state index contributed by atoms with van der Waals surface area (Å²) in [4.78, 5) is 14.2. The molecule has 0 fully saturated rings. The highest BCUT2D eigenvalue weighted by molar-refractivity contribution is 5.83. The minimum absolute atomic E-state index is 0.0618. The van der Waals surface area contributed by atoms with Gasteiger partial charge < -0.3 is 20.6 Å². The lowest BCUT2D eigenvalue weighted by Crippen LogP contribution is -2.15. The molecule has 0 atom stereocenters. The van der Waals surface area contributed by atoms with E-state index in [1.165, 1.54) is 0 Å². The van der Waals surface area contributed by atoms with Gasteiger partial charge in [0.15, 0.2) is 5.69 Å². The number of benzene rings is 2. The molecule has 9 heteroatoms. The van der Waals surface area contributed by atoms with Crippen LogP contribution in [0.5, 0.6) is 0 Å². The zero-order valence-corrected chi connectivity index (χ0v) is 17.5. The molecule has 4 N–H and O–H groups in total. The number of alkyl halides is 3. The number of fused-ring (bicyclic) bond motifs is 2. The van der Waals surface area contributed by atoms with Crippen molar-refractivity contribution in [2.75, 3.05) is 17.2 Å². The topological polar surface area (TPSA) is 81.4 Å². The molecule has 0 radical (unpaired) electrons. The standard InChI is InChI=1S/C24H21F3N6/c25-24(26,27)21-12-22(31-13-15-5-6-19-16(11-15)7-9-28-19)33-23(32-21)29-10-8-17-14-30-20-4-2-1-3-18(17)20/h1-7,9,11-12,14,28,30H,8,10,13H2,(H2,29,31,32,33). The lowest BCUT2D eigenvalue weighted by atomic mass is 10.1. The highest BCUT2D eigenvalue weighted by Crippen LogP contribution is 2.30. The molecule has 0 bridgehead atoms. The minimum atomic E-state index is -4.57. The lowest BCUT2D eigenvalue weighted by Gasteiger charge is -2.13. The maximum Gasteiger partial charge on any atom is 0.433 e. The van der Waals surface area contributed by atoms with Crippen molar-refractivity contribution in [1.29, 1.82) is 0 Å². The molecule has 3 heterocycles. The van der Waals surface area contributed by atoms with Crippen LogP contribution in [0.1, 0.15) is 16.8 Å². The van der Waals surface area contributed by atoms with Crippen LogP contribution in [0.15, 0.2) is 67.0 Å². The highest BCUT2D eigenvalue weighted by Gasteiger charge is 2.33. The number of para-hydroxylation sites is 1. The van der Waals surface area contributed by atoms with Crippen LogP contribution in [0.25, 0.3) is 21.8 Å². The van der Waals surface area contributed by atoms with Gasteiger partial charge in [0, 0.05) is 48.0 Å². The number of H-pyrrole nitrogens is 2. The Bertz CT molecular complexity index is 1400. The second-order valence-electron chi connectivity index (χ2n) is 7.75. The Kier molecular flexibility index (Phi) is 5.37. The largest absolute Gasteiger partial charge is 0.433 e. The number of aromatic amines is 2. The van der Waals surface area contributed by atoms with Gasteiger partial charge in [-0.2, -0.15) is 18.2 Å². The van der Waals surface area contributed by atoms with E-state index in [0.717, 1.165) is 39.0 Å². The van der Waals surface area contributed by atoms with E-state index in [1.54, 1.807) is 0 Å². The second kappa shape index (κ2) is 8.50. The van der Waals surface area contributed by atoms with Crippen LogP contribution in [0.2, 0.25) is 0 Å². The molecular formula is C24H21F3N6. The van der Waals surface area contributed by atoms with Gasteiger partial charge in [0.05, 0.1) is 0 Å². The first-order chi connectivity index (χ1) is 16.0. The number of rotatable bonds is 7. The molecular weight excluding hydrogens is 429 g/mol. The maximum absolute atomic E-state index is 13.4. The van der Waals surface area contributed by atoms with Gasteiger partial charge in [0.1, 0.15) is 5.82 Å². The molecule has 5 rings (SSSR count). The van der Waals surface area contributed by atoms with Gasteiger partial charge >= 0.3 is 6.18 Å². The molecule has 0 aliphatic rings. The Hall–Kier alpha value is -4.01. The van der Waals surface area contributed by atoms with E-state index in [4.69, 9.17) is 0 Å². The van der Waals surface area contributed by atoms with Crippen LogP contribution in [0.4, 0.5) is 24.9 Å². The molecule has 3 aromatic heterocycles. The van der Waals surface area contributed by atoms with Crippen molar-refractivity contribution < 1.29 is 13.2 Å². The number of nitrogens with one attached hydrogen (secondary N) is 4. The molecule has 168 valence electrons. The Morgan fingerprint density at radius 3 is 2.64 bits per heavy atom. The van der Waals surface area contributed by atoms with Gasteiger partial charge in [-0.25, -0.2) is 4.98 Å². The Labute approximate surface area is 187 Å². The third-order valence-electron chi connectivity index (χ3n) is 5.46. The molecule has 33 heavy (non-hydrogen) atoms. The van der Waals surface area contributed by atoms with Crippen LogP contribution < -0.4 is 10.6 Å². The highest BCUT2D eigenvalue weighted by atomic mass is 19.4.